The number of carbonyl (C=O) groups is 2. The first-order chi connectivity index (χ1) is 11.0. The van der Waals surface area contributed by atoms with Gasteiger partial charge in [0, 0.05) is 12.5 Å². The van der Waals surface area contributed by atoms with Gasteiger partial charge in [-0.3, -0.25) is 4.79 Å². The summed E-state index contributed by atoms with van der Waals surface area (Å²) in [4.78, 5) is 23.2. The monoisotopic (exact) mass is 311 g/mol. The Kier molecular flexibility index (Phi) is 5.52. The van der Waals surface area contributed by atoms with Gasteiger partial charge in [0.25, 0.3) is 0 Å². The van der Waals surface area contributed by atoms with E-state index in [1.54, 1.807) is 18.2 Å². The summed E-state index contributed by atoms with van der Waals surface area (Å²) in [5.74, 6) is -1.48. The van der Waals surface area contributed by atoms with Crippen molar-refractivity contribution in [1.29, 1.82) is 0 Å². The van der Waals surface area contributed by atoms with Crippen LogP contribution in [0.25, 0.3) is 6.08 Å². The van der Waals surface area contributed by atoms with Gasteiger partial charge >= 0.3 is 5.97 Å². The van der Waals surface area contributed by atoms with Crippen LogP contribution in [-0.2, 0) is 16.0 Å². The van der Waals surface area contributed by atoms with E-state index in [1.165, 1.54) is 18.2 Å². The Bertz CT molecular complexity index is 693. The third-order valence-electron chi connectivity index (χ3n) is 3.22. The summed E-state index contributed by atoms with van der Waals surface area (Å²) in [6, 6.07) is 14.4. The molecule has 118 valence electrons. The predicted octanol–water partition coefficient (Wildman–Crippen LogP) is 2.22. The molecule has 1 atom stereocenters. The van der Waals surface area contributed by atoms with Crippen molar-refractivity contribution >= 4 is 18.0 Å². The summed E-state index contributed by atoms with van der Waals surface area (Å²) in [6.45, 7) is 0. The number of carbonyl (C=O) groups excluding carboxylic acids is 1. The molecule has 5 nitrogen and oxygen atoms in total. The van der Waals surface area contributed by atoms with Gasteiger partial charge < -0.3 is 15.5 Å². The van der Waals surface area contributed by atoms with Crippen molar-refractivity contribution in [1.82, 2.24) is 5.32 Å². The summed E-state index contributed by atoms with van der Waals surface area (Å²) in [7, 11) is 0. The van der Waals surface area contributed by atoms with Gasteiger partial charge in [-0.1, -0.05) is 42.5 Å². The average Bonchev–Trinajstić information content (AvgIpc) is 2.55. The lowest BCUT2D eigenvalue weighted by molar-refractivity contribution is -0.141. The quantitative estimate of drug-likeness (QED) is 0.714. The van der Waals surface area contributed by atoms with Gasteiger partial charge in [-0.05, 0) is 29.3 Å². The van der Waals surface area contributed by atoms with Crippen LogP contribution in [0.3, 0.4) is 0 Å². The molecular formula is C18H17NO4. The molecule has 0 fully saturated rings. The predicted molar refractivity (Wildman–Crippen MR) is 86.9 cm³/mol. The van der Waals surface area contributed by atoms with Crippen LogP contribution in [-0.4, -0.2) is 28.1 Å². The third-order valence-corrected chi connectivity index (χ3v) is 3.22. The molecular weight excluding hydrogens is 294 g/mol. The Morgan fingerprint density at radius 2 is 1.70 bits per heavy atom. The van der Waals surface area contributed by atoms with Crippen LogP contribution in [0.15, 0.2) is 60.7 Å². The largest absolute Gasteiger partial charge is 0.508 e. The second kappa shape index (κ2) is 7.79. The van der Waals surface area contributed by atoms with Crippen molar-refractivity contribution in [3.05, 3.63) is 71.8 Å². The lowest BCUT2D eigenvalue weighted by atomic mass is 10.1. The van der Waals surface area contributed by atoms with Crippen molar-refractivity contribution in [2.75, 3.05) is 0 Å². The number of aliphatic carboxylic acids is 1. The molecule has 0 bridgehead atoms. The summed E-state index contributed by atoms with van der Waals surface area (Å²) in [5.41, 5.74) is 1.57. The summed E-state index contributed by atoms with van der Waals surface area (Å²) < 4.78 is 0. The first kappa shape index (κ1) is 16.3. The number of amides is 1. The minimum Gasteiger partial charge on any atom is -0.508 e. The molecule has 0 unspecified atom stereocenters. The van der Waals surface area contributed by atoms with Crippen LogP contribution in [0.2, 0.25) is 0 Å². The molecule has 23 heavy (non-hydrogen) atoms. The molecule has 0 aromatic heterocycles. The Hall–Kier alpha value is -3.08. The summed E-state index contributed by atoms with van der Waals surface area (Å²) >= 11 is 0. The lowest BCUT2D eigenvalue weighted by Crippen LogP contribution is -2.41. The number of benzene rings is 2. The zero-order chi connectivity index (χ0) is 16.7. The van der Waals surface area contributed by atoms with Crippen molar-refractivity contribution in [2.45, 2.75) is 12.5 Å². The highest BCUT2D eigenvalue weighted by Gasteiger charge is 2.19. The maximum absolute atomic E-state index is 11.9. The smallest absolute Gasteiger partial charge is 0.326 e. The molecule has 0 heterocycles. The Labute approximate surface area is 133 Å². The van der Waals surface area contributed by atoms with Crippen LogP contribution < -0.4 is 5.32 Å². The molecule has 5 heteroatoms. The molecule has 0 aliphatic carbocycles. The standard InChI is InChI=1S/C18H17NO4/c20-15-9-6-14(7-10-15)12-16(18(22)23)19-17(21)11-8-13-4-2-1-3-5-13/h1-11,16,20H,12H2,(H,19,21)(H,22,23)/t16-/m0/s1. The second-order valence-electron chi connectivity index (χ2n) is 5.01. The van der Waals surface area contributed by atoms with E-state index in [1.807, 2.05) is 30.3 Å². The average molecular weight is 311 g/mol. The second-order valence-corrected chi connectivity index (χ2v) is 5.01. The van der Waals surface area contributed by atoms with Crippen LogP contribution in [0.1, 0.15) is 11.1 Å². The van der Waals surface area contributed by atoms with Crippen molar-refractivity contribution in [2.24, 2.45) is 0 Å². The SMILES string of the molecule is O=C(C=Cc1ccccc1)N[C@@H](Cc1ccc(O)cc1)C(=O)O. The molecule has 2 rings (SSSR count). The van der Waals surface area contributed by atoms with Gasteiger partial charge in [0.05, 0.1) is 0 Å². The molecule has 0 radical (unpaired) electrons. The molecule has 3 N–H and O–H groups in total. The maximum atomic E-state index is 11.9. The molecule has 0 aliphatic rings. The van der Waals surface area contributed by atoms with E-state index in [2.05, 4.69) is 5.32 Å². The number of hydrogen-bond donors (Lipinski definition) is 3. The first-order valence-electron chi connectivity index (χ1n) is 7.09. The molecule has 2 aromatic carbocycles. The molecule has 0 saturated carbocycles. The van der Waals surface area contributed by atoms with E-state index in [0.717, 1.165) is 5.56 Å². The van der Waals surface area contributed by atoms with Crippen molar-refractivity contribution in [3.63, 3.8) is 0 Å². The lowest BCUT2D eigenvalue weighted by Gasteiger charge is -2.13. The topological polar surface area (TPSA) is 86.6 Å². The highest BCUT2D eigenvalue weighted by Crippen LogP contribution is 2.11. The van der Waals surface area contributed by atoms with E-state index in [0.29, 0.717) is 5.56 Å². The fraction of sp³-hybridized carbons (Fsp3) is 0.111. The number of carboxylic acids is 1. The number of phenols is 1. The van der Waals surface area contributed by atoms with E-state index < -0.39 is 17.9 Å². The van der Waals surface area contributed by atoms with Crippen molar-refractivity contribution < 1.29 is 19.8 Å². The van der Waals surface area contributed by atoms with Gasteiger partial charge in [-0.2, -0.15) is 0 Å². The Morgan fingerprint density at radius 1 is 1.04 bits per heavy atom. The van der Waals surface area contributed by atoms with Crippen LogP contribution in [0, 0.1) is 0 Å². The van der Waals surface area contributed by atoms with Gasteiger partial charge in [-0.15, -0.1) is 0 Å². The van der Waals surface area contributed by atoms with Crippen LogP contribution in [0.4, 0.5) is 0 Å². The fourth-order valence-corrected chi connectivity index (χ4v) is 2.02. The van der Waals surface area contributed by atoms with Gasteiger partial charge in [0.15, 0.2) is 0 Å². The Morgan fingerprint density at radius 3 is 2.30 bits per heavy atom. The number of rotatable bonds is 6. The van der Waals surface area contributed by atoms with Gasteiger partial charge in [-0.25, -0.2) is 4.79 Å². The van der Waals surface area contributed by atoms with E-state index in [9.17, 15) is 19.8 Å². The Balaban J connectivity index is 1.98. The van der Waals surface area contributed by atoms with E-state index >= 15 is 0 Å². The molecule has 1 amide bonds. The van der Waals surface area contributed by atoms with Crippen LogP contribution in [0.5, 0.6) is 5.75 Å². The normalized spacial score (nSPS) is 12.0. The molecule has 0 spiro atoms. The van der Waals surface area contributed by atoms with Crippen molar-refractivity contribution in [3.8, 4) is 5.75 Å². The summed E-state index contributed by atoms with van der Waals surface area (Å²) in [6.07, 6.45) is 3.07. The maximum Gasteiger partial charge on any atom is 0.326 e. The minimum atomic E-state index is -1.11. The summed E-state index contributed by atoms with van der Waals surface area (Å²) in [5, 5.41) is 20.9. The molecule has 2 aromatic rings. The number of carboxylic acid groups (broad SMARTS) is 1. The third kappa shape index (κ3) is 5.32. The number of nitrogens with one attached hydrogen (secondary N) is 1. The van der Waals surface area contributed by atoms with Gasteiger partial charge in [0.2, 0.25) is 5.91 Å². The molecule has 0 saturated heterocycles. The van der Waals surface area contributed by atoms with E-state index in [-0.39, 0.29) is 12.2 Å². The highest BCUT2D eigenvalue weighted by atomic mass is 16.4. The minimum absolute atomic E-state index is 0.107. The first-order valence-corrected chi connectivity index (χ1v) is 7.09. The number of phenolic OH excluding ortho intramolecular Hbond substituents is 1. The zero-order valence-electron chi connectivity index (χ0n) is 12.3. The highest BCUT2D eigenvalue weighted by molar-refractivity contribution is 5.94. The fourth-order valence-electron chi connectivity index (χ4n) is 2.02. The number of hydrogen-bond acceptors (Lipinski definition) is 3. The molecule has 0 aliphatic heterocycles. The van der Waals surface area contributed by atoms with E-state index in [4.69, 9.17) is 0 Å². The zero-order valence-corrected chi connectivity index (χ0v) is 12.3. The number of aromatic hydroxyl groups is 1. The van der Waals surface area contributed by atoms with Crippen LogP contribution >= 0.6 is 0 Å². The van der Waals surface area contributed by atoms with Gasteiger partial charge in [0.1, 0.15) is 11.8 Å².